The Morgan fingerprint density at radius 1 is 1.24 bits per heavy atom. The van der Waals surface area contributed by atoms with Crippen molar-refractivity contribution in [3.05, 3.63) is 58.1 Å². The van der Waals surface area contributed by atoms with Crippen molar-refractivity contribution in [2.45, 2.75) is 13.0 Å². The average molecular weight is 292 g/mol. The Balaban J connectivity index is 2.40. The zero-order chi connectivity index (χ0) is 12.3. The molecule has 0 aliphatic rings. The van der Waals surface area contributed by atoms with Crippen LogP contribution < -0.4 is 5.32 Å². The van der Waals surface area contributed by atoms with Crippen LogP contribution in [-0.2, 0) is 0 Å². The molecule has 0 bridgehead atoms. The molecule has 1 unspecified atom stereocenters. The third-order valence-electron chi connectivity index (χ3n) is 2.73. The Morgan fingerprint density at radius 2 is 2.06 bits per heavy atom. The van der Waals surface area contributed by atoms with Gasteiger partial charge in [0.05, 0.1) is 11.7 Å². The normalized spacial score (nSPS) is 12.4. The minimum atomic E-state index is 0.0804. The van der Waals surface area contributed by atoms with Crippen molar-refractivity contribution in [1.82, 2.24) is 15.3 Å². The molecule has 1 atom stereocenters. The molecular formula is C13H14BrN3. The van der Waals surface area contributed by atoms with Gasteiger partial charge in [0.2, 0.25) is 0 Å². The molecule has 0 saturated carbocycles. The van der Waals surface area contributed by atoms with Crippen molar-refractivity contribution < 1.29 is 0 Å². The van der Waals surface area contributed by atoms with Crippen molar-refractivity contribution in [3.63, 3.8) is 0 Å². The molecule has 2 heterocycles. The predicted molar refractivity (Wildman–Crippen MR) is 71.8 cm³/mol. The van der Waals surface area contributed by atoms with E-state index in [-0.39, 0.29) is 6.04 Å². The molecule has 17 heavy (non-hydrogen) atoms. The number of nitrogens with zero attached hydrogens (tertiary/aromatic N) is 2. The maximum Gasteiger partial charge on any atom is 0.0766 e. The molecule has 0 aliphatic carbocycles. The summed E-state index contributed by atoms with van der Waals surface area (Å²) in [6.45, 7) is 2.08. The first-order valence-electron chi connectivity index (χ1n) is 5.41. The van der Waals surface area contributed by atoms with Crippen LogP contribution in [0.5, 0.6) is 0 Å². The molecule has 1 N–H and O–H groups in total. The second kappa shape index (κ2) is 5.38. The molecule has 4 heteroatoms. The molecule has 0 radical (unpaired) electrons. The molecule has 2 aromatic rings. The van der Waals surface area contributed by atoms with Crippen LogP contribution in [0, 0.1) is 6.92 Å². The predicted octanol–water partition coefficient (Wildman–Crippen LogP) is 2.86. The number of aryl methyl sites for hydroxylation is 1. The van der Waals surface area contributed by atoms with Gasteiger partial charge in [-0.25, -0.2) is 0 Å². The van der Waals surface area contributed by atoms with Crippen LogP contribution in [0.3, 0.4) is 0 Å². The number of pyridine rings is 2. The summed E-state index contributed by atoms with van der Waals surface area (Å²) in [7, 11) is 1.93. The third-order valence-corrected chi connectivity index (χ3v) is 3.19. The van der Waals surface area contributed by atoms with Crippen molar-refractivity contribution in [2.24, 2.45) is 0 Å². The summed E-state index contributed by atoms with van der Waals surface area (Å²) in [6.07, 6.45) is 5.51. The lowest BCUT2D eigenvalue weighted by Crippen LogP contribution is -2.20. The highest BCUT2D eigenvalue weighted by Gasteiger charge is 2.15. The van der Waals surface area contributed by atoms with Crippen LogP contribution in [0.4, 0.5) is 0 Å². The van der Waals surface area contributed by atoms with Gasteiger partial charge in [-0.3, -0.25) is 9.97 Å². The van der Waals surface area contributed by atoms with E-state index in [9.17, 15) is 0 Å². The van der Waals surface area contributed by atoms with Crippen LogP contribution in [0.25, 0.3) is 0 Å². The van der Waals surface area contributed by atoms with Crippen LogP contribution >= 0.6 is 15.9 Å². The molecule has 3 nitrogen and oxygen atoms in total. The summed E-state index contributed by atoms with van der Waals surface area (Å²) in [5.74, 6) is 0. The Labute approximate surface area is 109 Å². The van der Waals surface area contributed by atoms with E-state index in [4.69, 9.17) is 0 Å². The monoisotopic (exact) mass is 291 g/mol. The van der Waals surface area contributed by atoms with Gasteiger partial charge in [0.15, 0.2) is 0 Å². The van der Waals surface area contributed by atoms with E-state index in [2.05, 4.69) is 38.1 Å². The van der Waals surface area contributed by atoms with Crippen LogP contribution in [-0.4, -0.2) is 17.0 Å². The first-order chi connectivity index (χ1) is 8.22. The Kier molecular flexibility index (Phi) is 3.86. The lowest BCUT2D eigenvalue weighted by molar-refractivity contribution is 0.664. The van der Waals surface area contributed by atoms with Gasteiger partial charge in [-0.05, 0) is 59.2 Å². The smallest absolute Gasteiger partial charge is 0.0766 e. The summed E-state index contributed by atoms with van der Waals surface area (Å²) in [5.41, 5.74) is 3.36. The van der Waals surface area contributed by atoms with Crippen LogP contribution in [0.2, 0.25) is 0 Å². The fourth-order valence-electron chi connectivity index (χ4n) is 1.80. The number of halogens is 1. The largest absolute Gasteiger partial charge is 0.308 e. The first-order valence-corrected chi connectivity index (χ1v) is 6.21. The molecule has 88 valence electrons. The fourth-order valence-corrected chi connectivity index (χ4v) is 2.03. The summed E-state index contributed by atoms with van der Waals surface area (Å²) in [4.78, 5) is 8.61. The molecular weight excluding hydrogens is 278 g/mol. The van der Waals surface area contributed by atoms with Gasteiger partial charge in [-0.1, -0.05) is 0 Å². The maximum absolute atomic E-state index is 4.43. The zero-order valence-electron chi connectivity index (χ0n) is 9.81. The Bertz CT molecular complexity index is 496. The molecule has 2 aromatic heterocycles. The van der Waals surface area contributed by atoms with E-state index in [1.165, 1.54) is 5.56 Å². The third kappa shape index (κ3) is 2.70. The van der Waals surface area contributed by atoms with Crippen LogP contribution in [0.1, 0.15) is 22.9 Å². The molecule has 0 aliphatic heterocycles. The molecule has 0 aromatic carbocycles. The summed E-state index contributed by atoms with van der Waals surface area (Å²) in [5, 5.41) is 3.28. The van der Waals surface area contributed by atoms with Crippen molar-refractivity contribution in [3.8, 4) is 0 Å². The van der Waals surface area contributed by atoms with Gasteiger partial charge in [-0.15, -0.1) is 0 Å². The zero-order valence-corrected chi connectivity index (χ0v) is 11.4. The molecule has 0 fully saturated rings. The van der Waals surface area contributed by atoms with E-state index in [1.54, 1.807) is 6.20 Å². The lowest BCUT2D eigenvalue weighted by atomic mass is 10.0. The summed E-state index contributed by atoms with van der Waals surface area (Å²) in [6, 6.07) is 6.10. The SMILES string of the molecule is CNC(c1ccc(Br)cn1)c1cnccc1C. The van der Waals surface area contributed by atoms with E-state index in [0.717, 1.165) is 15.7 Å². The number of nitrogens with one attached hydrogen (secondary N) is 1. The van der Waals surface area contributed by atoms with Crippen molar-refractivity contribution in [2.75, 3.05) is 7.05 Å². The summed E-state index contributed by atoms with van der Waals surface area (Å²) >= 11 is 3.39. The van der Waals surface area contributed by atoms with Gasteiger partial charge in [0.25, 0.3) is 0 Å². The highest BCUT2D eigenvalue weighted by molar-refractivity contribution is 9.10. The number of hydrogen-bond donors (Lipinski definition) is 1. The number of hydrogen-bond acceptors (Lipinski definition) is 3. The minimum absolute atomic E-state index is 0.0804. The highest BCUT2D eigenvalue weighted by atomic mass is 79.9. The topological polar surface area (TPSA) is 37.8 Å². The Morgan fingerprint density at radius 3 is 2.65 bits per heavy atom. The lowest BCUT2D eigenvalue weighted by Gasteiger charge is -2.17. The van der Waals surface area contributed by atoms with Crippen molar-refractivity contribution in [1.29, 1.82) is 0 Å². The van der Waals surface area contributed by atoms with Gasteiger partial charge >= 0.3 is 0 Å². The van der Waals surface area contributed by atoms with Gasteiger partial charge in [0, 0.05) is 23.1 Å². The fraction of sp³-hybridized carbons (Fsp3) is 0.231. The minimum Gasteiger partial charge on any atom is -0.308 e. The van der Waals surface area contributed by atoms with Crippen LogP contribution in [0.15, 0.2) is 41.3 Å². The van der Waals surface area contributed by atoms with E-state index >= 15 is 0 Å². The first kappa shape index (κ1) is 12.2. The second-order valence-corrected chi connectivity index (χ2v) is 4.77. The van der Waals surface area contributed by atoms with E-state index in [1.807, 2.05) is 37.6 Å². The number of rotatable bonds is 3. The van der Waals surface area contributed by atoms with E-state index < -0.39 is 0 Å². The van der Waals surface area contributed by atoms with Gasteiger partial charge < -0.3 is 5.32 Å². The second-order valence-electron chi connectivity index (χ2n) is 3.86. The Hall–Kier alpha value is -1.26. The standard InChI is InChI=1S/C13H14BrN3/c1-9-5-6-16-8-11(9)13(15-2)12-4-3-10(14)7-17-12/h3-8,13,15H,1-2H3. The molecule has 0 amide bonds. The molecule has 0 spiro atoms. The van der Waals surface area contributed by atoms with Gasteiger partial charge in [0.1, 0.15) is 0 Å². The molecule has 0 saturated heterocycles. The maximum atomic E-state index is 4.43. The highest BCUT2D eigenvalue weighted by Crippen LogP contribution is 2.23. The average Bonchev–Trinajstić information content (AvgIpc) is 2.35. The van der Waals surface area contributed by atoms with Gasteiger partial charge in [-0.2, -0.15) is 0 Å². The molecule has 2 rings (SSSR count). The van der Waals surface area contributed by atoms with E-state index in [0.29, 0.717) is 0 Å². The number of aromatic nitrogens is 2. The summed E-state index contributed by atoms with van der Waals surface area (Å²) < 4.78 is 0.985. The van der Waals surface area contributed by atoms with Crippen molar-refractivity contribution >= 4 is 15.9 Å². The quantitative estimate of drug-likeness (QED) is 0.945.